The summed E-state index contributed by atoms with van der Waals surface area (Å²) >= 11 is 6.73. The Labute approximate surface area is 178 Å². The highest BCUT2D eigenvalue weighted by Gasteiger charge is 2.22. The van der Waals surface area contributed by atoms with Gasteiger partial charge in [-0.1, -0.05) is 18.5 Å². The van der Waals surface area contributed by atoms with Crippen LogP contribution in [0.2, 0.25) is 4.34 Å². The number of ether oxygens (including phenoxy) is 1. The van der Waals surface area contributed by atoms with E-state index < -0.39 is 16.0 Å². The number of hydrogen-bond donors (Lipinski definition) is 1. The molecule has 0 aliphatic carbocycles. The quantitative estimate of drug-likeness (QED) is 0.670. The van der Waals surface area contributed by atoms with Crippen molar-refractivity contribution >= 4 is 50.5 Å². The number of carbonyl (C=O) groups excluding carboxylic acids is 2. The maximum Gasteiger partial charge on any atom is 0.338 e. The molecule has 1 atom stereocenters. The summed E-state index contributed by atoms with van der Waals surface area (Å²) in [7, 11) is -3.75. The van der Waals surface area contributed by atoms with Gasteiger partial charge in [0.15, 0.2) is 6.61 Å². The van der Waals surface area contributed by atoms with E-state index >= 15 is 0 Å². The van der Waals surface area contributed by atoms with Crippen LogP contribution >= 0.6 is 22.9 Å². The Kier molecular flexibility index (Phi) is 6.81. The first-order valence-electron chi connectivity index (χ1n) is 9.08. The molecular weight excluding hydrogens is 436 g/mol. The standard InChI is InChI=1S/C19H21ClN2O5S2/c1-13-3-2-10-22(11-13)17(23)12-27-19(24)14-4-6-15(7-5-14)21-29(25,26)18-9-8-16(20)28-18/h4-9,13,21H,2-3,10-12H2,1H3. The Morgan fingerprint density at radius 2 is 1.97 bits per heavy atom. The molecule has 0 bridgehead atoms. The molecule has 1 amide bonds. The second-order valence-corrected chi connectivity index (χ2v) is 10.5. The summed E-state index contributed by atoms with van der Waals surface area (Å²) in [5.41, 5.74) is 0.524. The van der Waals surface area contributed by atoms with Gasteiger partial charge >= 0.3 is 5.97 Å². The van der Waals surface area contributed by atoms with Crippen molar-refractivity contribution < 1.29 is 22.7 Å². The summed E-state index contributed by atoms with van der Waals surface area (Å²) in [5, 5.41) is 0. The van der Waals surface area contributed by atoms with Gasteiger partial charge in [-0.2, -0.15) is 0 Å². The van der Waals surface area contributed by atoms with Crippen molar-refractivity contribution in [2.45, 2.75) is 24.0 Å². The minimum absolute atomic E-state index is 0.0940. The highest BCUT2D eigenvalue weighted by atomic mass is 35.5. The third kappa shape index (κ3) is 5.71. The highest BCUT2D eigenvalue weighted by molar-refractivity contribution is 7.94. The number of thiophene rings is 1. The summed E-state index contributed by atoms with van der Waals surface area (Å²) in [4.78, 5) is 26.1. The van der Waals surface area contributed by atoms with Crippen molar-refractivity contribution in [3.05, 3.63) is 46.3 Å². The lowest BCUT2D eigenvalue weighted by molar-refractivity contribution is -0.136. The van der Waals surface area contributed by atoms with Gasteiger partial charge in [0.25, 0.3) is 15.9 Å². The Morgan fingerprint density at radius 3 is 2.59 bits per heavy atom. The van der Waals surface area contributed by atoms with Crippen LogP contribution in [0, 0.1) is 5.92 Å². The first-order chi connectivity index (χ1) is 13.7. The number of nitrogens with zero attached hydrogens (tertiary/aromatic N) is 1. The molecule has 1 fully saturated rings. The van der Waals surface area contributed by atoms with Gasteiger partial charge in [-0.3, -0.25) is 9.52 Å². The molecule has 1 unspecified atom stereocenters. The van der Waals surface area contributed by atoms with E-state index in [4.69, 9.17) is 16.3 Å². The number of benzene rings is 1. The molecule has 0 spiro atoms. The Balaban J connectivity index is 1.55. The smallest absolute Gasteiger partial charge is 0.338 e. The second kappa shape index (κ2) is 9.15. The minimum Gasteiger partial charge on any atom is -0.452 e. The highest BCUT2D eigenvalue weighted by Crippen LogP contribution is 2.27. The molecule has 10 heteroatoms. The monoisotopic (exact) mass is 456 g/mol. The van der Waals surface area contributed by atoms with Crippen molar-refractivity contribution in [3.63, 3.8) is 0 Å². The predicted molar refractivity (Wildman–Crippen MR) is 112 cm³/mol. The van der Waals surface area contributed by atoms with Crippen LogP contribution in [0.25, 0.3) is 0 Å². The number of hydrogen-bond acceptors (Lipinski definition) is 6. The fraction of sp³-hybridized carbons (Fsp3) is 0.368. The van der Waals surface area contributed by atoms with E-state index in [0.29, 0.717) is 29.0 Å². The lowest BCUT2D eigenvalue weighted by atomic mass is 10.0. The van der Waals surface area contributed by atoms with Crippen molar-refractivity contribution in [1.29, 1.82) is 0 Å². The maximum atomic E-state index is 12.3. The zero-order valence-corrected chi connectivity index (χ0v) is 18.1. The van der Waals surface area contributed by atoms with E-state index in [1.807, 2.05) is 0 Å². The number of esters is 1. The summed E-state index contributed by atoms with van der Waals surface area (Å²) in [6, 6.07) is 8.71. The number of carbonyl (C=O) groups is 2. The van der Waals surface area contributed by atoms with E-state index in [2.05, 4.69) is 11.6 Å². The summed E-state index contributed by atoms with van der Waals surface area (Å²) in [6.45, 7) is 3.15. The van der Waals surface area contributed by atoms with Crippen LogP contribution in [-0.2, 0) is 19.6 Å². The molecule has 0 radical (unpaired) electrons. The van der Waals surface area contributed by atoms with E-state index in [0.717, 1.165) is 24.2 Å². The van der Waals surface area contributed by atoms with Gasteiger partial charge in [0.05, 0.1) is 9.90 Å². The molecule has 1 saturated heterocycles. The Bertz CT molecular complexity index is 988. The maximum absolute atomic E-state index is 12.3. The minimum atomic E-state index is -3.75. The third-order valence-electron chi connectivity index (χ3n) is 4.52. The van der Waals surface area contributed by atoms with Gasteiger partial charge in [0.2, 0.25) is 0 Å². The molecule has 1 aliphatic rings. The SMILES string of the molecule is CC1CCCN(C(=O)COC(=O)c2ccc(NS(=O)(=O)c3ccc(Cl)s3)cc2)C1. The number of amides is 1. The molecule has 0 saturated carbocycles. The molecular formula is C19H21ClN2O5S2. The fourth-order valence-corrected chi connectivity index (χ4v) is 5.58. The van der Waals surface area contributed by atoms with Gasteiger partial charge in [0.1, 0.15) is 4.21 Å². The van der Waals surface area contributed by atoms with Crippen molar-refractivity contribution in [3.8, 4) is 0 Å². The van der Waals surface area contributed by atoms with Crippen molar-refractivity contribution in [2.75, 3.05) is 24.4 Å². The van der Waals surface area contributed by atoms with E-state index in [-0.39, 0.29) is 22.3 Å². The molecule has 2 heterocycles. The van der Waals surface area contributed by atoms with Crippen LogP contribution in [0.4, 0.5) is 5.69 Å². The van der Waals surface area contributed by atoms with Crippen molar-refractivity contribution in [1.82, 2.24) is 4.90 Å². The normalized spacial score (nSPS) is 17.0. The topological polar surface area (TPSA) is 92.8 Å². The summed E-state index contributed by atoms with van der Waals surface area (Å²) in [6.07, 6.45) is 2.05. The number of nitrogens with one attached hydrogen (secondary N) is 1. The number of sulfonamides is 1. The van der Waals surface area contributed by atoms with Crippen LogP contribution in [0.15, 0.2) is 40.6 Å². The first kappa shape index (κ1) is 21.6. The largest absolute Gasteiger partial charge is 0.452 e. The second-order valence-electron chi connectivity index (χ2n) is 6.90. The van der Waals surface area contributed by atoms with Crippen LogP contribution in [0.1, 0.15) is 30.1 Å². The van der Waals surface area contributed by atoms with Gasteiger partial charge in [-0.15, -0.1) is 11.3 Å². The van der Waals surface area contributed by atoms with Crippen LogP contribution in [0.3, 0.4) is 0 Å². The lowest BCUT2D eigenvalue weighted by Gasteiger charge is -2.30. The number of rotatable bonds is 6. The third-order valence-corrected chi connectivity index (χ3v) is 7.63. The summed E-state index contributed by atoms with van der Waals surface area (Å²) < 4.78 is 32.6. The fourth-order valence-electron chi connectivity index (χ4n) is 3.04. The van der Waals surface area contributed by atoms with E-state index in [1.54, 1.807) is 4.90 Å². The van der Waals surface area contributed by atoms with Crippen LogP contribution in [-0.4, -0.2) is 44.9 Å². The molecule has 156 valence electrons. The average molecular weight is 457 g/mol. The molecule has 1 aliphatic heterocycles. The zero-order chi connectivity index (χ0) is 21.0. The van der Waals surface area contributed by atoms with Gasteiger partial charge in [-0.05, 0) is 55.2 Å². The van der Waals surface area contributed by atoms with Gasteiger partial charge < -0.3 is 9.64 Å². The number of piperidine rings is 1. The Hall–Kier alpha value is -2.10. The van der Waals surface area contributed by atoms with Crippen LogP contribution < -0.4 is 4.72 Å². The molecule has 1 N–H and O–H groups in total. The molecule has 29 heavy (non-hydrogen) atoms. The van der Waals surface area contributed by atoms with E-state index in [1.165, 1.54) is 36.4 Å². The molecule has 1 aromatic heterocycles. The number of halogens is 1. The predicted octanol–water partition coefficient (Wildman–Crippen LogP) is 3.62. The molecule has 1 aromatic carbocycles. The Morgan fingerprint density at radius 1 is 1.24 bits per heavy atom. The van der Waals surface area contributed by atoms with E-state index in [9.17, 15) is 18.0 Å². The molecule has 2 aromatic rings. The van der Waals surface area contributed by atoms with Crippen LogP contribution in [0.5, 0.6) is 0 Å². The lowest BCUT2D eigenvalue weighted by Crippen LogP contribution is -2.41. The number of anilines is 1. The van der Waals surface area contributed by atoms with Gasteiger partial charge in [0, 0.05) is 18.8 Å². The zero-order valence-electron chi connectivity index (χ0n) is 15.8. The molecule has 7 nitrogen and oxygen atoms in total. The number of likely N-dealkylation sites (tertiary alicyclic amines) is 1. The van der Waals surface area contributed by atoms with Gasteiger partial charge in [-0.25, -0.2) is 13.2 Å². The average Bonchev–Trinajstić information content (AvgIpc) is 3.13. The van der Waals surface area contributed by atoms with Crippen molar-refractivity contribution in [2.24, 2.45) is 5.92 Å². The molecule has 3 rings (SSSR count). The first-order valence-corrected chi connectivity index (χ1v) is 11.8. The summed E-state index contributed by atoms with van der Waals surface area (Å²) in [5.74, 6) is -0.392.